The van der Waals surface area contributed by atoms with E-state index in [0.717, 1.165) is 5.56 Å². The monoisotopic (exact) mass is 254 g/mol. The Hall–Kier alpha value is -1.46. The second kappa shape index (κ2) is 7.79. The number of rotatable bonds is 7. The number of ether oxygens (including phenoxy) is 1. The van der Waals surface area contributed by atoms with E-state index in [-0.39, 0.29) is 11.7 Å². The molecule has 0 fully saturated rings. The van der Waals surface area contributed by atoms with Gasteiger partial charge in [0.1, 0.15) is 5.82 Å². The van der Waals surface area contributed by atoms with Crippen LogP contribution in [0.4, 0.5) is 4.39 Å². The Labute approximate surface area is 106 Å². The molecule has 1 aromatic carbocycles. The SMILES string of the molecule is COCCC(N)C(=O)NCCc1ccc(F)cc1. The van der Waals surface area contributed by atoms with Crippen molar-refractivity contribution in [1.82, 2.24) is 5.32 Å². The number of methoxy groups -OCH3 is 1. The third kappa shape index (κ3) is 5.25. The topological polar surface area (TPSA) is 64.3 Å². The summed E-state index contributed by atoms with van der Waals surface area (Å²) < 4.78 is 17.5. The lowest BCUT2D eigenvalue weighted by Crippen LogP contribution is -2.41. The van der Waals surface area contributed by atoms with E-state index in [9.17, 15) is 9.18 Å². The summed E-state index contributed by atoms with van der Waals surface area (Å²) in [5, 5.41) is 2.74. The lowest BCUT2D eigenvalue weighted by Gasteiger charge is -2.11. The molecule has 0 aliphatic carbocycles. The van der Waals surface area contributed by atoms with E-state index in [1.54, 1.807) is 19.2 Å². The predicted molar refractivity (Wildman–Crippen MR) is 67.6 cm³/mol. The Balaban J connectivity index is 2.24. The normalized spacial score (nSPS) is 12.2. The zero-order valence-electron chi connectivity index (χ0n) is 10.5. The minimum atomic E-state index is -0.543. The van der Waals surface area contributed by atoms with Gasteiger partial charge in [0.25, 0.3) is 0 Å². The lowest BCUT2D eigenvalue weighted by molar-refractivity contribution is -0.122. The fraction of sp³-hybridized carbons (Fsp3) is 0.462. The number of benzene rings is 1. The molecule has 1 atom stereocenters. The standard InChI is InChI=1S/C13H19FN2O2/c1-18-9-7-12(15)13(17)16-8-6-10-2-4-11(14)5-3-10/h2-5,12H,6-9,15H2,1H3,(H,16,17). The quantitative estimate of drug-likeness (QED) is 0.758. The van der Waals surface area contributed by atoms with Crippen LogP contribution in [0.15, 0.2) is 24.3 Å². The van der Waals surface area contributed by atoms with Crippen molar-refractivity contribution in [2.45, 2.75) is 18.9 Å². The van der Waals surface area contributed by atoms with Crippen molar-refractivity contribution >= 4 is 5.91 Å². The maximum atomic E-state index is 12.7. The van der Waals surface area contributed by atoms with Crippen molar-refractivity contribution in [2.24, 2.45) is 5.73 Å². The molecule has 3 N–H and O–H groups in total. The van der Waals surface area contributed by atoms with Gasteiger partial charge >= 0.3 is 0 Å². The van der Waals surface area contributed by atoms with Crippen LogP contribution in [0.5, 0.6) is 0 Å². The number of hydrogen-bond acceptors (Lipinski definition) is 3. The molecule has 1 amide bonds. The van der Waals surface area contributed by atoms with Crippen molar-refractivity contribution in [3.8, 4) is 0 Å². The molecule has 4 nitrogen and oxygen atoms in total. The molecule has 0 radical (unpaired) electrons. The van der Waals surface area contributed by atoms with Gasteiger partial charge in [0, 0.05) is 20.3 Å². The summed E-state index contributed by atoms with van der Waals surface area (Å²) in [5.74, 6) is -0.446. The summed E-state index contributed by atoms with van der Waals surface area (Å²) in [5.41, 5.74) is 6.64. The van der Waals surface area contributed by atoms with Gasteiger partial charge in [-0.2, -0.15) is 0 Å². The first-order chi connectivity index (χ1) is 8.63. The number of nitrogens with one attached hydrogen (secondary N) is 1. The first-order valence-corrected chi connectivity index (χ1v) is 5.90. The molecule has 1 rings (SSSR count). The van der Waals surface area contributed by atoms with Crippen molar-refractivity contribution in [3.63, 3.8) is 0 Å². The maximum absolute atomic E-state index is 12.7. The smallest absolute Gasteiger partial charge is 0.237 e. The first kappa shape index (κ1) is 14.6. The van der Waals surface area contributed by atoms with E-state index in [1.807, 2.05) is 0 Å². The van der Waals surface area contributed by atoms with Crippen LogP contribution in [0.1, 0.15) is 12.0 Å². The Morgan fingerprint density at radius 1 is 1.44 bits per heavy atom. The summed E-state index contributed by atoms with van der Waals surface area (Å²) in [6.45, 7) is 0.956. The van der Waals surface area contributed by atoms with Crippen LogP contribution in [0.3, 0.4) is 0 Å². The van der Waals surface area contributed by atoms with Gasteiger partial charge in [-0.25, -0.2) is 4.39 Å². The minimum absolute atomic E-state index is 0.186. The first-order valence-electron chi connectivity index (χ1n) is 5.90. The summed E-state index contributed by atoms with van der Waals surface area (Å²) in [7, 11) is 1.57. The zero-order valence-corrected chi connectivity index (χ0v) is 10.5. The molecule has 0 spiro atoms. The third-order valence-electron chi connectivity index (χ3n) is 2.60. The van der Waals surface area contributed by atoms with Crippen LogP contribution in [-0.4, -0.2) is 32.2 Å². The molecule has 0 aromatic heterocycles. The van der Waals surface area contributed by atoms with Gasteiger partial charge in [-0.3, -0.25) is 4.79 Å². The predicted octanol–water partition coefficient (Wildman–Crippen LogP) is 0.848. The number of hydrogen-bond donors (Lipinski definition) is 2. The van der Waals surface area contributed by atoms with E-state index in [2.05, 4.69) is 5.32 Å². The van der Waals surface area contributed by atoms with E-state index >= 15 is 0 Å². The molecule has 1 unspecified atom stereocenters. The van der Waals surface area contributed by atoms with Gasteiger partial charge in [-0.1, -0.05) is 12.1 Å². The third-order valence-corrected chi connectivity index (χ3v) is 2.60. The highest BCUT2D eigenvalue weighted by Crippen LogP contribution is 2.02. The molecule has 1 aromatic rings. The number of carbonyl (C=O) groups is 1. The zero-order chi connectivity index (χ0) is 13.4. The average Bonchev–Trinajstić information content (AvgIpc) is 2.38. The maximum Gasteiger partial charge on any atom is 0.237 e. The van der Waals surface area contributed by atoms with Crippen LogP contribution in [0.2, 0.25) is 0 Å². The molecule has 0 bridgehead atoms. The Morgan fingerprint density at radius 3 is 2.72 bits per heavy atom. The summed E-state index contributed by atoms with van der Waals surface area (Å²) in [6, 6.07) is 5.67. The summed E-state index contributed by atoms with van der Waals surface area (Å²) >= 11 is 0. The van der Waals surface area contributed by atoms with Crippen molar-refractivity contribution < 1.29 is 13.9 Å². The van der Waals surface area contributed by atoms with Crippen LogP contribution >= 0.6 is 0 Å². The van der Waals surface area contributed by atoms with Gasteiger partial charge in [0.2, 0.25) is 5.91 Å². The largest absolute Gasteiger partial charge is 0.385 e. The van der Waals surface area contributed by atoms with E-state index < -0.39 is 6.04 Å². The molecule has 0 heterocycles. The van der Waals surface area contributed by atoms with Gasteiger partial charge < -0.3 is 15.8 Å². The summed E-state index contributed by atoms with van der Waals surface area (Å²) in [4.78, 5) is 11.5. The molecular formula is C13H19FN2O2. The highest BCUT2D eigenvalue weighted by atomic mass is 19.1. The number of amides is 1. The molecule has 0 aliphatic heterocycles. The van der Waals surface area contributed by atoms with Gasteiger partial charge in [-0.15, -0.1) is 0 Å². The second-order valence-electron chi connectivity index (χ2n) is 4.06. The van der Waals surface area contributed by atoms with Gasteiger partial charge in [-0.05, 0) is 30.5 Å². The Morgan fingerprint density at radius 2 is 2.11 bits per heavy atom. The van der Waals surface area contributed by atoms with Crippen LogP contribution < -0.4 is 11.1 Å². The average molecular weight is 254 g/mol. The minimum Gasteiger partial charge on any atom is -0.385 e. The van der Waals surface area contributed by atoms with Crippen molar-refractivity contribution in [1.29, 1.82) is 0 Å². The van der Waals surface area contributed by atoms with Crippen LogP contribution in [0, 0.1) is 5.82 Å². The highest BCUT2D eigenvalue weighted by molar-refractivity contribution is 5.81. The Kier molecular flexibility index (Phi) is 6.32. The van der Waals surface area contributed by atoms with Crippen molar-refractivity contribution in [3.05, 3.63) is 35.6 Å². The lowest BCUT2D eigenvalue weighted by atomic mass is 10.1. The Bertz CT molecular complexity index is 368. The molecule has 100 valence electrons. The molecule has 18 heavy (non-hydrogen) atoms. The highest BCUT2D eigenvalue weighted by Gasteiger charge is 2.11. The fourth-order valence-electron chi connectivity index (χ4n) is 1.49. The second-order valence-corrected chi connectivity index (χ2v) is 4.06. The van der Waals surface area contributed by atoms with Crippen LogP contribution in [0.25, 0.3) is 0 Å². The number of nitrogens with two attached hydrogens (primary N) is 1. The molecule has 5 heteroatoms. The summed E-state index contributed by atoms with van der Waals surface area (Å²) in [6.07, 6.45) is 1.15. The fourth-order valence-corrected chi connectivity index (χ4v) is 1.49. The van der Waals surface area contributed by atoms with E-state index in [0.29, 0.717) is 26.0 Å². The van der Waals surface area contributed by atoms with Crippen LogP contribution in [-0.2, 0) is 16.0 Å². The molecular weight excluding hydrogens is 235 g/mol. The van der Waals surface area contributed by atoms with Gasteiger partial charge in [0.05, 0.1) is 6.04 Å². The van der Waals surface area contributed by atoms with E-state index in [4.69, 9.17) is 10.5 Å². The molecule has 0 saturated heterocycles. The number of halogens is 1. The van der Waals surface area contributed by atoms with Crippen molar-refractivity contribution in [2.75, 3.05) is 20.3 Å². The van der Waals surface area contributed by atoms with E-state index in [1.165, 1.54) is 12.1 Å². The van der Waals surface area contributed by atoms with Gasteiger partial charge in [0.15, 0.2) is 0 Å². The molecule has 0 saturated carbocycles. The molecule has 0 aliphatic rings. The number of carbonyl (C=O) groups excluding carboxylic acids is 1.